The first-order valence-electron chi connectivity index (χ1n) is 37.2. The summed E-state index contributed by atoms with van der Waals surface area (Å²) in [7, 11) is 0. The molecule has 7 aromatic rings. The quantitative estimate of drug-likeness (QED) is 0.00572. The van der Waals surface area contributed by atoms with Gasteiger partial charge in [-0.05, 0) is 143 Å². The molecule has 35 heteroatoms. The van der Waals surface area contributed by atoms with Gasteiger partial charge in [-0.2, -0.15) is 0 Å². The Labute approximate surface area is 684 Å². The van der Waals surface area contributed by atoms with Gasteiger partial charge in [0, 0.05) is 105 Å². The van der Waals surface area contributed by atoms with E-state index in [1.165, 1.54) is 21.9 Å². The second-order valence-corrected chi connectivity index (χ2v) is 28.0. The highest BCUT2D eigenvalue weighted by Gasteiger charge is 2.46. The third-order valence-corrected chi connectivity index (χ3v) is 18.1. The van der Waals surface area contributed by atoms with Gasteiger partial charge in [0.15, 0.2) is 0 Å². The summed E-state index contributed by atoms with van der Waals surface area (Å²) in [4.78, 5) is 95.0. The fourth-order valence-corrected chi connectivity index (χ4v) is 12.5. The molecule has 10 unspecified atom stereocenters. The number of carbonyl (C=O) groups is 6. The number of carboxylic acid groups (broad SMARTS) is 6. The maximum absolute atomic E-state index is 12.0. The minimum absolute atomic E-state index is 0.000524. The van der Waals surface area contributed by atoms with Gasteiger partial charge in [0.2, 0.25) is 12.6 Å². The van der Waals surface area contributed by atoms with Crippen molar-refractivity contribution in [3.8, 4) is 47.0 Å². The lowest BCUT2D eigenvalue weighted by Crippen LogP contribution is -2.60. The Balaban J connectivity index is 0.000000420. The van der Waals surface area contributed by atoms with Crippen molar-refractivity contribution in [1.29, 1.82) is 0 Å². The highest BCUT2D eigenvalue weighted by molar-refractivity contribution is 5.71. The van der Waals surface area contributed by atoms with Gasteiger partial charge in [0.05, 0.1) is 83.8 Å². The minimum Gasteiger partial charge on any atom is -0.587 e. The second kappa shape index (κ2) is 46.7. The number of rotatable bonds is 39. The van der Waals surface area contributed by atoms with Crippen molar-refractivity contribution in [2.45, 2.75) is 134 Å². The Hall–Kier alpha value is -11.3. The van der Waals surface area contributed by atoms with E-state index < -0.39 is 143 Å². The molecule has 0 saturated carbocycles. The number of aromatic nitrogens is 3. The van der Waals surface area contributed by atoms with Crippen molar-refractivity contribution >= 4 is 35.8 Å². The van der Waals surface area contributed by atoms with Crippen LogP contribution in [0.25, 0.3) is 0 Å². The first-order chi connectivity index (χ1) is 56.9. The molecule has 0 amide bonds. The zero-order valence-electron chi connectivity index (χ0n) is 64.9. The summed E-state index contributed by atoms with van der Waals surface area (Å²) in [5.74, 6) is 10.8. The van der Waals surface area contributed by atoms with Crippen molar-refractivity contribution in [2.24, 2.45) is 0 Å². The molecule has 10 atom stereocenters. The van der Waals surface area contributed by atoms with Gasteiger partial charge in [-0.3, -0.25) is 39.2 Å². The lowest BCUT2D eigenvalue weighted by atomic mass is 9.97. The minimum atomic E-state index is -1.63. The smallest absolute Gasteiger partial charge is 0.317 e. The van der Waals surface area contributed by atoms with Crippen LogP contribution >= 0.6 is 0 Å². The SMILES string of the molecule is CCC1OC(Oc2ccc(C#Cc3cc(CN(C[CH-][OH+][O-])CC(=O)O)nc(CN(CCc4ccc(C)cc4)Cc4cc(C#Cc5ccc(OC6OC(CO)C(O)C(O)C6O)cc5)cc(CN(C[CH-][OH+][O-])CC(=O)O)n4)c3)cc2)C(O)C(O)C1O.Cc1ccc(C#Cc2cc(CN(CC(=O)[O-])CC(=O)[O-])nc(CN(CC(=O)[O-])CC(=O)[O-])c2)cc1. The molecule has 119 heavy (non-hydrogen) atoms. The predicted molar refractivity (Wildman–Crippen MR) is 406 cm³/mol. The monoisotopic (exact) mass is 1640 g/mol. The summed E-state index contributed by atoms with van der Waals surface area (Å²) < 4.78 is 22.8. The molecule has 9 rings (SSSR count). The maximum Gasteiger partial charge on any atom is 0.317 e. The van der Waals surface area contributed by atoms with E-state index in [0.29, 0.717) is 81.3 Å². The van der Waals surface area contributed by atoms with Gasteiger partial charge in [-0.1, -0.05) is 103 Å². The van der Waals surface area contributed by atoms with Crippen LogP contribution in [-0.4, -0.2) is 258 Å². The molecule has 3 aromatic heterocycles. The first kappa shape index (κ1) is 93.2. The Morgan fingerprint density at radius 3 is 1.04 bits per heavy atom. The van der Waals surface area contributed by atoms with Crippen LogP contribution in [0, 0.1) is 62.6 Å². The van der Waals surface area contributed by atoms with Crippen LogP contribution < -0.4 is 40.4 Å². The first-order valence-corrected chi connectivity index (χ1v) is 37.2. The average molecular weight is 1640 g/mol. The molecular formula is C84H90N8O27-6. The third kappa shape index (κ3) is 31.5. The molecule has 5 heterocycles. The molecule has 0 bridgehead atoms. The predicted octanol–water partition coefficient (Wildman–Crippen LogP) is -5.17. The van der Waals surface area contributed by atoms with E-state index in [1.807, 2.05) is 68.4 Å². The molecule has 2 aliphatic rings. The molecular weight excluding hydrogens is 1550 g/mol. The number of aliphatic hydroxyl groups is 9. The molecule has 35 nitrogen and oxygen atoms in total. The number of nitrogens with zero attached hydrogens (tertiary/aromatic N) is 8. The molecule has 0 radical (unpaired) electrons. The fraction of sp³-hybridized carbons (Fsp3) is 0.369. The van der Waals surface area contributed by atoms with Gasteiger partial charge >= 0.3 is 11.9 Å². The van der Waals surface area contributed by atoms with Gasteiger partial charge in [0.25, 0.3) is 0 Å². The second-order valence-electron chi connectivity index (χ2n) is 28.0. The molecule has 0 aliphatic carbocycles. The molecule has 0 spiro atoms. The van der Waals surface area contributed by atoms with Gasteiger partial charge in [-0.15, -0.1) is 0 Å². The average Bonchev–Trinajstić information content (AvgIpc) is 0.815. The fourth-order valence-electron chi connectivity index (χ4n) is 12.5. The maximum atomic E-state index is 12.0. The lowest BCUT2D eigenvalue weighted by molar-refractivity contribution is -0.761. The Kier molecular flexibility index (Phi) is 36.6. The topological polar surface area (TPSA) is 540 Å². The van der Waals surface area contributed by atoms with Crippen molar-refractivity contribution in [2.75, 3.05) is 65.5 Å². The number of pyridine rings is 3. The summed E-state index contributed by atoms with van der Waals surface area (Å²) in [5, 5.41) is 158. The summed E-state index contributed by atoms with van der Waals surface area (Å²) >= 11 is 0. The largest absolute Gasteiger partial charge is 0.587 e. The van der Waals surface area contributed by atoms with E-state index >= 15 is 0 Å². The highest BCUT2D eigenvalue weighted by Crippen LogP contribution is 2.28. The highest BCUT2D eigenvalue weighted by atomic mass is 17.1. The molecule has 2 aliphatic heterocycles. The zero-order chi connectivity index (χ0) is 86.2. The number of carbonyl (C=O) groups excluding carboxylic acids is 4. The molecule has 2 saturated heterocycles. The molecule has 634 valence electrons. The third-order valence-electron chi connectivity index (χ3n) is 18.1. The van der Waals surface area contributed by atoms with Gasteiger partial charge in [0.1, 0.15) is 54.2 Å². The van der Waals surface area contributed by atoms with Gasteiger partial charge in [-0.25, -0.2) is 0 Å². The zero-order valence-corrected chi connectivity index (χ0v) is 64.9. The number of aryl methyl sites for hydroxylation is 2. The standard InChI is InChI=1S/C60H69N5O19.C24H25N3O8/c1-3-49-53(71)55(73)57(75)59(83-49)81-47-16-12-38(13-17-47)8-10-41-26-43(61-45(28-41)32-64(22-24-79-77)34-51(67)68)30-63(21-20-40-6-4-37(2)5-7-40)31-44-27-42(29-46(62-44)33-65(23-25-80-78)35-52(69)70)11-9-39-14-18-48(19-15-39)82-60-58(76)56(74)54(72)50(36-66)84-60;1-16-2-4-17(5-3-16)6-7-18-8-19(10-26(12-21(28)29)13-22(30)31)25-20(9-18)11-27(14-23(32)33)15-24(34)35/h4-7,12-19,24-29,49-50,53-60,66,71-76,79-80H,3,20-23,30-36H2,1-2H3,(H,67,68)(H,69,70);2-5,8-9H,10-15H2,1H3,(H,28,29)(H,30,31)(H,32,33)(H,34,35)/q-2;/p-4. The number of aliphatic carboxylic acids is 6. The van der Waals surface area contributed by atoms with Crippen LogP contribution in [0.2, 0.25) is 0 Å². The lowest BCUT2D eigenvalue weighted by Gasteiger charge is -2.40. The van der Waals surface area contributed by atoms with Crippen molar-refractivity contribution < 1.29 is 134 Å². The van der Waals surface area contributed by atoms with E-state index in [2.05, 4.69) is 55.2 Å². The summed E-state index contributed by atoms with van der Waals surface area (Å²) in [6.07, 6.45) is -12.7. The van der Waals surface area contributed by atoms with Crippen LogP contribution in [0.4, 0.5) is 0 Å². The Bertz CT molecular complexity index is 4450. The number of carboxylic acids is 6. The number of hydrogen-bond acceptors (Lipinski definition) is 31. The van der Waals surface area contributed by atoms with Crippen LogP contribution in [-0.2, 0) is 83.9 Å². The summed E-state index contributed by atoms with van der Waals surface area (Å²) in [5.41, 5.74) is 8.82. The van der Waals surface area contributed by atoms with Crippen molar-refractivity contribution in [3.63, 3.8) is 0 Å². The van der Waals surface area contributed by atoms with Gasteiger partial charge < -0.3 is 135 Å². The Morgan fingerprint density at radius 1 is 0.420 bits per heavy atom. The Morgan fingerprint density at radius 2 is 0.723 bits per heavy atom. The van der Waals surface area contributed by atoms with E-state index in [1.54, 1.807) is 73.7 Å². The van der Waals surface area contributed by atoms with Crippen molar-refractivity contribution in [3.05, 3.63) is 231 Å². The summed E-state index contributed by atoms with van der Waals surface area (Å²) in [6.45, 7) is 3.76. The molecule has 11 N–H and O–H groups in total. The van der Waals surface area contributed by atoms with Crippen LogP contribution in [0.1, 0.15) is 97.6 Å². The van der Waals surface area contributed by atoms with E-state index in [4.69, 9.17) is 28.9 Å². The molecule has 2 fully saturated rings. The number of aliphatic hydroxyl groups excluding tert-OH is 7. The van der Waals surface area contributed by atoms with Crippen molar-refractivity contribution in [1.82, 2.24) is 39.5 Å². The number of hydrogen-bond donors (Lipinski definition) is 9. The number of ether oxygens (including phenoxy) is 4. The van der Waals surface area contributed by atoms with E-state index in [9.17, 15) is 106 Å². The summed E-state index contributed by atoms with van der Waals surface area (Å²) in [6, 6.07) is 38.6. The normalized spacial score (nSPS) is 18.8. The van der Waals surface area contributed by atoms with Crippen LogP contribution in [0.5, 0.6) is 11.5 Å². The van der Waals surface area contributed by atoms with E-state index in [-0.39, 0.29) is 69.5 Å². The van der Waals surface area contributed by atoms with Crippen LogP contribution in [0.3, 0.4) is 0 Å². The van der Waals surface area contributed by atoms with E-state index in [0.717, 1.165) is 39.7 Å². The van der Waals surface area contributed by atoms with Crippen LogP contribution in [0.15, 0.2) is 133 Å². The molecule has 4 aromatic carbocycles. The number of benzene rings is 4.